The first-order valence-corrected chi connectivity index (χ1v) is 6.65. The van der Waals surface area contributed by atoms with Crippen LogP contribution in [-0.2, 0) is 14.3 Å². The number of ether oxygens (including phenoxy) is 1. The molecule has 4 atom stereocenters. The Morgan fingerprint density at radius 1 is 1.11 bits per heavy atom. The van der Waals surface area contributed by atoms with Crippen molar-refractivity contribution in [1.29, 1.82) is 0 Å². The highest BCUT2D eigenvalue weighted by Crippen LogP contribution is 2.47. The summed E-state index contributed by atoms with van der Waals surface area (Å²) in [7, 11) is 0. The zero-order valence-corrected chi connectivity index (χ0v) is 10.8. The molecule has 1 aromatic rings. The lowest BCUT2D eigenvalue weighted by Crippen LogP contribution is -2.18. The number of hydrogen-bond donors (Lipinski definition) is 0. The zero-order chi connectivity index (χ0) is 13.4. The third-order valence-electron chi connectivity index (χ3n) is 4.19. The molecule has 0 radical (unpaired) electrons. The van der Waals surface area contributed by atoms with Crippen LogP contribution in [0.25, 0.3) is 6.08 Å². The summed E-state index contributed by atoms with van der Waals surface area (Å²) >= 11 is 0. The third kappa shape index (κ3) is 2.09. The van der Waals surface area contributed by atoms with Crippen molar-refractivity contribution in [2.24, 2.45) is 23.7 Å². The summed E-state index contributed by atoms with van der Waals surface area (Å²) in [6, 6.07) is 9.97. The maximum absolute atomic E-state index is 11.8. The average Bonchev–Trinajstić information content (AvgIpc) is 2.89. The van der Waals surface area contributed by atoms with E-state index in [0.717, 1.165) is 12.0 Å². The van der Waals surface area contributed by atoms with Crippen molar-refractivity contribution in [2.45, 2.75) is 13.3 Å². The molecule has 98 valence electrons. The van der Waals surface area contributed by atoms with Crippen LogP contribution in [0, 0.1) is 23.7 Å². The summed E-state index contributed by atoms with van der Waals surface area (Å²) in [6.45, 7) is 2.02. The summed E-state index contributed by atoms with van der Waals surface area (Å²) in [6.07, 6.45) is 4.95. The zero-order valence-electron chi connectivity index (χ0n) is 10.8. The van der Waals surface area contributed by atoms with E-state index in [9.17, 15) is 9.59 Å². The highest BCUT2D eigenvalue weighted by molar-refractivity contribution is 5.97. The number of esters is 2. The minimum absolute atomic E-state index is 0.110. The van der Waals surface area contributed by atoms with Crippen molar-refractivity contribution in [1.82, 2.24) is 0 Å². The van der Waals surface area contributed by atoms with Crippen LogP contribution in [-0.4, -0.2) is 11.9 Å². The molecule has 0 bridgehead atoms. The number of carbonyl (C=O) groups excluding carboxylic acids is 2. The lowest BCUT2D eigenvalue weighted by Gasteiger charge is -2.08. The van der Waals surface area contributed by atoms with Crippen LogP contribution < -0.4 is 0 Å². The minimum Gasteiger partial charge on any atom is -0.393 e. The maximum atomic E-state index is 11.8. The monoisotopic (exact) mass is 256 g/mol. The van der Waals surface area contributed by atoms with Crippen LogP contribution in [0.3, 0.4) is 0 Å². The van der Waals surface area contributed by atoms with Gasteiger partial charge < -0.3 is 4.74 Å². The molecule has 0 spiro atoms. The van der Waals surface area contributed by atoms with Crippen LogP contribution in [0.5, 0.6) is 0 Å². The van der Waals surface area contributed by atoms with Gasteiger partial charge in [-0.25, -0.2) is 0 Å². The van der Waals surface area contributed by atoms with Crippen LogP contribution >= 0.6 is 0 Å². The Hall–Kier alpha value is -1.90. The van der Waals surface area contributed by atoms with E-state index in [1.165, 1.54) is 0 Å². The van der Waals surface area contributed by atoms with E-state index in [4.69, 9.17) is 4.74 Å². The molecule has 19 heavy (non-hydrogen) atoms. The van der Waals surface area contributed by atoms with Gasteiger partial charge in [0.2, 0.25) is 0 Å². The topological polar surface area (TPSA) is 43.4 Å². The van der Waals surface area contributed by atoms with E-state index in [-0.39, 0.29) is 35.6 Å². The molecule has 0 N–H and O–H groups in total. The maximum Gasteiger partial charge on any atom is 0.318 e. The number of carbonyl (C=O) groups is 2. The molecule has 1 saturated heterocycles. The fourth-order valence-corrected chi connectivity index (χ4v) is 3.28. The van der Waals surface area contributed by atoms with Gasteiger partial charge in [-0.1, -0.05) is 49.4 Å². The van der Waals surface area contributed by atoms with Crippen LogP contribution in [0.1, 0.15) is 18.9 Å². The second kappa shape index (κ2) is 4.65. The highest BCUT2D eigenvalue weighted by atomic mass is 16.6. The Morgan fingerprint density at radius 2 is 1.79 bits per heavy atom. The number of hydrogen-bond acceptors (Lipinski definition) is 3. The second-order valence-corrected chi connectivity index (χ2v) is 5.44. The first-order valence-electron chi connectivity index (χ1n) is 6.65. The van der Waals surface area contributed by atoms with E-state index in [0.29, 0.717) is 0 Å². The molecule has 3 heteroatoms. The van der Waals surface area contributed by atoms with Crippen molar-refractivity contribution < 1.29 is 14.3 Å². The summed E-state index contributed by atoms with van der Waals surface area (Å²) < 4.78 is 4.77. The van der Waals surface area contributed by atoms with E-state index in [1.807, 2.05) is 43.3 Å². The van der Waals surface area contributed by atoms with Gasteiger partial charge >= 0.3 is 11.9 Å². The van der Waals surface area contributed by atoms with E-state index < -0.39 is 0 Å². The summed E-state index contributed by atoms with van der Waals surface area (Å²) in [5, 5.41) is 0. The van der Waals surface area contributed by atoms with Gasteiger partial charge in [-0.05, 0) is 23.8 Å². The van der Waals surface area contributed by atoms with Gasteiger partial charge in [-0.2, -0.15) is 0 Å². The van der Waals surface area contributed by atoms with Crippen molar-refractivity contribution in [3.05, 3.63) is 42.0 Å². The first kappa shape index (κ1) is 12.2. The number of fused-ring (bicyclic) bond motifs is 1. The third-order valence-corrected chi connectivity index (χ3v) is 4.19. The van der Waals surface area contributed by atoms with E-state index >= 15 is 0 Å². The molecule has 1 saturated carbocycles. The lowest BCUT2D eigenvalue weighted by molar-refractivity contribution is -0.154. The lowest BCUT2D eigenvalue weighted by atomic mass is 9.89. The Kier molecular flexibility index (Phi) is 2.97. The first-order chi connectivity index (χ1) is 9.16. The Labute approximate surface area is 112 Å². The van der Waals surface area contributed by atoms with Crippen LogP contribution in [0.4, 0.5) is 0 Å². The molecule has 0 unspecified atom stereocenters. The molecule has 2 fully saturated rings. The highest BCUT2D eigenvalue weighted by Gasteiger charge is 2.54. The largest absolute Gasteiger partial charge is 0.393 e. The molecule has 3 rings (SSSR count). The quantitative estimate of drug-likeness (QED) is 0.603. The van der Waals surface area contributed by atoms with Gasteiger partial charge in [0.1, 0.15) is 0 Å². The number of cyclic esters (lactones) is 2. The van der Waals surface area contributed by atoms with Gasteiger partial charge in [0, 0.05) is 0 Å². The Balaban J connectivity index is 1.81. The smallest absolute Gasteiger partial charge is 0.318 e. The fourth-order valence-electron chi connectivity index (χ4n) is 3.28. The molecular weight excluding hydrogens is 240 g/mol. The standard InChI is InChI=1S/C16H16O3/c1-10-9-12(8-7-11-5-3-2-4-6-11)14-13(10)15(17)19-16(14)18/h2-8,10,12-14H,9H2,1H3/b8-7+/t10-,12+,13-,14+/m1/s1. The molecule has 3 nitrogen and oxygen atoms in total. The number of allylic oxidation sites excluding steroid dienone is 1. The SMILES string of the molecule is C[C@@H]1C[C@H](/C=C/c2ccccc2)[C@@H]2C(=O)OC(=O)[C@@H]21. The van der Waals surface area contributed by atoms with Crippen molar-refractivity contribution in [3.63, 3.8) is 0 Å². The molecule has 0 amide bonds. The summed E-state index contributed by atoms with van der Waals surface area (Å²) in [5.74, 6) is -0.867. The van der Waals surface area contributed by atoms with Crippen molar-refractivity contribution >= 4 is 18.0 Å². The minimum atomic E-state index is -0.345. The molecule has 2 aliphatic rings. The molecule has 1 aliphatic carbocycles. The Bertz CT molecular complexity index is 532. The molecule has 1 aliphatic heterocycles. The summed E-state index contributed by atoms with van der Waals surface area (Å²) in [5.41, 5.74) is 1.11. The van der Waals surface area contributed by atoms with Gasteiger partial charge in [0.05, 0.1) is 11.8 Å². The van der Waals surface area contributed by atoms with Gasteiger partial charge in [-0.3, -0.25) is 9.59 Å². The molecule has 0 aromatic heterocycles. The molecule has 1 aromatic carbocycles. The van der Waals surface area contributed by atoms with Crippen LogP contribution in [0.15, 0.2) is 36.4 Å². The van der Waals surface area contributed by atoms with Crippen LogP contribution in [0.2, 0.25) is 0 Å². The predicted molar refractivity (Wildman–Crippen MR) is 70.8 cm³/mol. The van der Waals surface area contributed by atoms with E-state index in [2.05, 4.69) is 6.08 Å². The summed E-state index contributed by atoms with van der Waals surface area (Å²) in [4.78, 5) is 23.4. The fraction of sp³-hybridized carbons (Fsp3) is 0.375. The second-order valence-electron chi connectivity index (χ2n) is 5.44. The predicted octanol–water partition coefficient (Wildman–Crippen LogP) is 2.67. The van der Waals surface area contributed by atoms with Gasteiger partial charge in [0.15, 0.2) is 0 Å². The number of rotatable bonds is 2. The number of benzene rings is 1. The molecule has 1 heterocycles. The van der Waals surface area contributed by atoms with Gasteiger partial charge in [0.25, 0.3) is 0 Å². The Morgan fingerprint density at radius 3 is 2.53 bits per heavy atom. The molecular formula is C16H16O3. The average molecular weight is 256 g/mol. The van der Waals surface area contributed by atoms with Crippen molar-refractivity contribution in [3.8, 4) is 0 Å². The van der Waals surface area contributed by atoms with Gasteiger partial charge in [-0.15, -0.1) is 0 Å². The normalized spacial score (nSPS) is 33.7. The van der Waals surface area contributed by atoms with E-state index in [1.54, 1.807) is 0 Å². The van der Waals surface area contributed by atoms with Crippen molar-refractivity contribution in [2.75, 3.05) is 0 Å².